The Balaban J connectivity index is 3.09. The van der Waals surface area contributed by atoms with E-state index in [9.17, 15) is 0 Å². The van der Waals surface area contributed by atoms with Crippen molar-refractivity contribution in [3.63, 3.8) is 0 Å². The zero-order valence-corrected chi connectivity index (χ0v) is 8.33. The van der Waals surface area contributed by atoms with E-state index in [1.165, 1.54) is 0 Å². The van der Waals surface area contributed by atoms with Crippen LogP contribution in [0.25, 0.3) is 0 Å². The highest BCUT2D eigenvalue weighted by atomic mass is 14.9. The normalized spacial score (nSPS) is 11.8. The quantitative estimate of drug-likeness (QED) is 0.548. The fourth-order valence-electron chi connectivity index (χ4n) is 1.23. The van der Waals surface area contributed by atoms with Gasteiger partial charge in [-0.25, -0.2) is 0 Å². The van der Waals surface area contributed by atoms with Gasteiger partial charge in [0.1, 0.15) is 11.5 Å². The summed E-state index contributed by atoms with van der Waals surface area (Å²) in [7, 11) is 0. The van der Waals surface area contributed by atoms with E-state index in [2.05, 4.69) is 16.0 Å². The van der Waals surface area contributed by atoms with Crippen LogP contribution in [-0.4, -0.2) is 17.4 Å². The highest BCUT2D eigenvalue weighted by molar-refractivity contribution is 5.96. The van der Waals surface area contributed by atoms with Crippen molar-refractivity contribution >= 4 is 5.84 Å². The van der Waals surface area contributed by atoms with E-state index in [1.807, 2.05) is 20.8 Å². The van der Waals surface area contributed by atoms with Gasteiger partial charge in [-0.2, -0.15) is 0 Å². The predicted octanol–water partition coefficient (Wildman–Crippen LogP) is 1.42. The van der Waals surface area contributed by atoms with E-state index in [4.69, 9.17) is 5.73 Å². The van der Waals surface area contributed by atoms with E-state index in [1.54, 1.807) is 6.20 Å². The first-order chi connectivity index (χ1) is 6.15. The molecule has 0 bridgehead atoms. The highest BCUT2D eigenvalue weighted by Gasteiger charge is 2.03. The van der Waals surface area contributed by atoms with Crippen molar-refractivity contribution in [2.24, 2.45) is 10.7 Å². The molecule has 0 amide bonds. The van der Waals surface area contributed by atoms with Gasteiger partial charge in [0.2, 0.25) is 0 Å². The maximum atomic E-state index is 5.74. The van der Waals surface area contributed by atoms with Crippen LogP contribution in [0.1, 0.15) is 23.7 Å². The molecule has 70 valence electrons. The van der Waals surface area contributed by atoms with E-state index in [-0.39, 0.29) is 0 Å². The summed E-state index contributed by atoms with van der Waals surface area (Å²) in [6, 6.07) is 2.06. The van der Waals surface area contributed by atoms with Crippen molar-refractivity contribution in [2.75, 3.05) is 6.54 Å². The minimum atomic E-state index is 0.528. The Labute approximate surface area is 78.7 Å². The summed E-state index contributed by atoms with van der Waals surface area (Å²) >= 11 is 0. The lowest BCUT2D eigenvalue weighted by Crippen LogP contribution is -2.17. The van der Waals surface area contributed by atoms with Crippen LogP contribution in [0.2, 0.25) is 0 Å². The highest BCUT2D eigenvalue weighted by Crippen LogP contribution is 2.06. The van der Waals surface area contributed by atoms with Gasteiger partial charge in [-0.3, -0.25) is 9.98 Å². The molecular formula is C10H15N3. The Hall–Kier alpha value is -1.38. The van der Waals surface area contributed by atoms with Crippen molar-refractivity contribution in [3.05, 3.63) is 29.1 Å². The Kier molecular flexibility index (Phi) is 3.01. The summed E-state index contributed by atoms with van der Waals surface area (Å²) in [5.41, 5.74) is 8.76. The SMILES string of the molecule is CCN=C(N)c1ncc(C)cc1C. The summed E-state index contributed by atoms with van der Waals surface area (Å²) in [6.45, 7) is 6.65. The van der Waals surface area contributed by atoms with Crippen LogP contribution < -0.4 is 5.73 Å². The van der Waals surface area contributed by atoms with Crippen molar-refractivity contribution in [1.82, 2.24) is 4.98 Å². The number of hydrogen-bond acceptors (Lipinski definition) is 2. The number of aliphatic imine (C=N–C) groups is 1. The number of nitrogens with zero attached hydrogens (tertiary/aromatic N) is 2. The van der Waals surface area contributed by atoms with Gasteiger partial charge in [0.15, 0.2) is 0 Å². The largest absolute Gasteiger partial charge is 0.382 e. The lowest BCUT2D eigenvalue weighted by molar-refractivity contribution is 1.10. The van der Waals surface area contributed by atoms with Crippen molar-refractivity contribution < 1.29 is 0 Å². The van der Waals surface area contributed by atoms with E-state index in [0.717, 1.165) is 16.8 Å². The number of aromatic nitrogens is 1. The summed E-state index contributed by atoms with van der Waals surface area (Å²) in [6.07, 6.45) is 1.81. The summed E-state index contributed by atoms with van der Waals surface area (Å²) in [5, 5.41) is 0. The molecule has 1 aromatic heterocycles. The fraction of sp³-hybridized carbons (Fsp3) is 0.400. The molecule has 3 heteroatoms. The van der Waals surface area contributed by atoms with Crippen molar-refractivity contribution in [1.29, 1.82) is 0 Å². The van der Waals surface area contributed by atoms with E-state index >= 15 is 0 Å². The van der Waals surface area contributed by atoms with Crippen LogP contribution in [-0.2, 0) is 0 Å². The second-order valence-corrected chi connectivity index (χ2v) is 3.04. The number of aryl methyl sites for hydroxylation is 2. The third kappa shape index (κ3) is 2.28. The zero-order chi connectivity index (χ0) is 9.84. The monoisotopic (exact) mass is 177 g/mol. The smallest absolute Gasteiger partial charge is 0.144 e. The molecule has 0 saturated carbocycles. The molecular weight excluding hydrogens is 162 g/mol. The molecule has 0 spiro atoms. The summed E-state index contributed by atoms with van der Waals surface area (Å²) in [5.74, 6) is 0.528. The van der Waals surface area contributed by atoms with Crippen LogP contribution in [0.3, 0.4) is 0 Å². The molecule has 1 aromatic rings. The molecule has 0 fully saturated rings. The van der Waals surface area contributed by atoms with Gasteiger partial charge in [-0.1, -0.05) is 6.07 Å². The molecule has 1 rings (SSSR count). The number of hydrogen-bond donors (Lipinski definition) is 1. The molecule has 0 unspecified atom stereocenters. The third-order valence-corrected chi connectivity index (χ3v) is 1.79. The third-order valence-electron chi connectivity index (χ3n) is 1.79. The topological polar surface area (TPSA) is 51.3 Å². The van der Waals surface area contributed by atoms with Crippen LogP contribution in [0, 0.1) is 13.8 Å². The van der Waals surface area contributed by atoms with E-state index in [0.29, 0.717) is 12.4 Å². The number of rotatable bonds is 2. The second-order valence-electron chi connectivity index (χ2n) is 3.04. The van der Waals surface area contributed by atoms with Gasteiger partial charge < -0.3 is 5.73 Å². The standard InChI is InChI=1S/C10H15N3/c1-4-12-10(11)9-8(3)5-7(2)6-13-9/h5-6H,4H2,1-3H3,(H2,11,12). The minimum absolute atomic E-state index is 0.528. The van der Waals surface area contributed by atoms with Crippen molar-refractivity contribution in [2.45, 2.75) is 20.8 Å². The first-order valence-electron chi connectivity index (χ1n) is 4.38. The van der Waals surface area contributed by atoms with Crippen LogP contribution in [0.4, 0.5) is 0 Å². The molecule has 0 aliphatic heterocycles. The van der Waals surface area contributed by atoms with Gasteiger partial charge in [0.05, 0.1) is 0 Å². The Morgan fingerprint density at radius 3 is 2.77 bits per heavy atom. The lowest BCUT2D eigenvalue weighted by Gasteiger charge is -2.04. The van der Waals surface area contributed by atoms with Crippen LogP contribution >= 0.6 is 0 Å². The molecule has 1 heterocycles. The molecule has 0 saturated heterocycles. The first kappa shape index (κ1) is 9.71. The van der Waals surface area contributed by atoms with Gasteiger partial charge in [0, 0.05) is 12.7 Å². The van der Waals surface area contributed by atoms with Gasteiger partial charge in [-0.15, -0.1) is 0 Å². The number of amidine groups is 1. The Bertz CT molecular complexity index is 329. The summed E-state index contributed by atoms with van der Waals surface area (Å²) < 4.78 is 0. The van der Waals surface area contributed by atoms with Gasteiger partial charge in [0.25, 0.3) is 0 Å². The molecule has 0 atom stereocenters. The lowest BCUT2D eigenvalue weighted by atomic mass is 10.1. The molecule has 0 aliphatic rings. The zero-order valence-electron chi connectivity index (χ0n) is 8.33. The molecule has 3 nitrogen and oxygen atoms in total. The van der Waals surface area contributed by atoms with E-state index < -0.39 is 0 Å². The molecule has 0 aliphatic carbocycles. The number of nitrogens with two attached hydrogens (primary N) is 1. The molecule has 0 radical (unpaired) electrons. The molecule has 2 N–H and O–H groups in total. The first-order valence-corrected chi connectivity index (χ1v) is 4.38. The van der Waals surface area contributed by atoms with Crippen LogP contribution in [0.5, 0.6) is 0 Å². The minimum Gasteiger partial charge on any atom is -0.382 e. The predicted molar refractivity (Wildman–Crippen MR) is 55.0 cm³/mol. The fourth-order valence-corrected chi connectivity index (χ4v) is 1.23. The van der Waals surface area contributed by atoms with Crippen LogP contribution in [0.15, 0.2) is 17.3 Å². The summed E-state index contributed by atoms with van der Waals surface area (Å²) in [4.78, 5) is 8.36. The van der Waals surface area contributed by atoms with Crippen molar-refractivity contribution in [3.8, 4) is 0 Å². The maximum Gasteiger partial charge on any atom is 0.144 e. The second kappa shape index (κ2) is 4.03. The molecule has 13 heavy (non-hydrogen) atoms. The van der Waals surface area contributed by atoms with Gasteiger partial charge >= 0.3 is 0 Å². The van der Waals surface area contributed by atoms with Gasteiger partial charge in [-0.05, 0) is 31.9 Å². The Morgan fingerprint density at radius 2 is 2.23 bits per heavy atom. The number of pyridine rings is 1. The average molecular weight is 177 g/mol. The Morgan fingerprint density at radius 1 is 1.54 bits per heavy atom. The molecule has 0 aromatic carbocycles. The maximum absolute atomic E-state index is 5.74. The average Bonchev–Trinajstić information content (AvgIpc) is 2.04.